The van der Waals surface area contributed by atoms with E-state index < -0.39 is 0 Å². The SMILES string of the molecule is Fc1cccc(-n2c3ccc(F)cc3c3cc(-c4ccc5[nH]c6ccccc6c5c4)ccc32)c1. The van der Waals surface area contributed by atoms with E-state index in [1.165, 1.54) is 29.0 Å². The molecule has 2 aromatic heterocycles. The van der Waals surface area contributed by atoms with E-state index >= 15 is 0 Å². The summed E-state index contributed by atoms with van der Waals surface area (Å²) in [7, 11) is 0. The molecule has 4 heteroatoms. The summed E-state index contributed by atoms with van der Waals surface area (Å²) in [5.41, 5.74) is 6.79. The Bertz CT molecular complexity index is 1890. The van der Waals surface area contributed by atoms with Crippen LogP contribution in [0, 0.1) is 11.6 Å². The first-order valence-electron chi connectivity index (χ1n) is 11.2. The summed E-state index contributed by atoms with van der Waals surface area (Å²) in [5, 5.41) is 4.08. The average molecular weight is 444 g/mol. The lowest BCUT2D eigenvalue weighted by atomic mass is 10.0. The summed E-state index contributed by atoms with van der Waals surface area (Å²) in [6.45, 7) is 0. The zero-order valence-corrected chi connectivity index (χ0v) is 18.0. The minimum absolute atomic E-state index is 0.295. The molecule has 0 amide bonds. The molecule has 0 aliphatic rings. The van der Waals surface area contributed by atoms with Gasteiger partial charge in [-0.15, -0.1) is 0 Å². The first kappa shape index (κ1) is 19.1. The lowest BCUT2D eigenvalue weighted by Gasteiger charge is -2.08. The number of aromatic nitrogens is 2. The van der Waals surface area contributed by atoms with Crippen LogP contribution in [0.5, 0.6) is 0 Å². The Morgan fingerprint density at radius 2 is 1.18 bits per heavy atom. The molecule has 0 unspecified atom stereocenters. The standard InChI is InChI=1S/C30H18F2N2/c31-20-4-3-5-22(16-20)34-29-12-9-19(15-25(29)26-17-21(32)10-13-30(26)34)18-8-11-28-24(14-18)23-6-1-2-7-27(23)33-28/h1-17,33H. The second-order valence-electron chi connectivity index (χ2n) is 8.64. The number of para-hydroxylation sites is 1. The van der Waals surface area contributed by atoms with Crippen LogP contribution in [-0.2, 0) is 0 Å². The van der Waals surface area contributed by atoms with Crippen molar-refractivity contribution in [3.05, 3.63) is 115 Å². The maximum Gasteiger partial charge on any atom is 0.125 e. The molecule has 0 spiro atoms. The van der Waals surface area contributed by atoms with Gasteiger partial charge in [0.15, 0.2) is 0 Å². The number of H-pyrrole nitrogens is 1. The molecule has 0 aliphatic heterocycles. The number of halogens is 2. The molecule has 1 N–H and O–H groups in total. The zero-order valence-electron chi connectivity index (χ0n) is 18.0. The number of hydrogen-bond donors (Lipinski definition) is 1. The van der Waals surface area contributed by atoms with E-state index in [0.29, 0.717) is 5.69 Å². The summed E-state index contributed by atoms with van der Waals surface area (Å²) in [6.07, 6.45) is 0. The lowest BCUT2D eigenvalue weighted by molar-refractivity contribution is 0.626. The smallest absolute Gasteiger partial charge is 0.125 e. The molecule has 0 saturated carbocycles. The topological polar surface area (TPSA) is 20.7 Å². The predicted molar refractivity (Wildman–Crippen MR) is 135 cm³/mol. The van der Waals surface area contributed by atoms with E-state index in [2.05, 4.69) is 47.4 Å². The molecule has 7 aromatic rings. The van der Waals surface area contributed by atoms with Gasteiger partial charge in [-0.05, 0) is 77.9 Å². The molecule has 0 fully saturated rings. The number of nitrogens with zero attached hydrogens (tertiary/aromatic N) is 1. The van der Waals surface area contributed by atoms with Crippen LogP contribution in [0.1, 0.15) is 0 Å². The molecule has 5 aromatic carbocycles. The maximum atomic E-state index is 14.3. The van der Waals surface area contributed by atoms with Crippen LogP contribution in [0.25, 0.3) is 60.4 Å². The minimum atomic E-state index is -0.307. The Morgan fingerprint density at radius 3 is 2.03 bits per heavy atom. The fourth-order valence-electron chi connectivity index (χ4n) is 5.10. The van der Waals surface area contributed by atoms with Gasteiger partial charge in [0.05, 0.1) is 11.0 Å². The fourth-order valence-corrected chi connectivity index (χ4v) is 5.10. The van der Waals surface area contributed by atoms with Crippen molar-refractivity contribution in [2.45, 2.75) is 0 Å². The van der Waals surface area contributed by atoms with E-state index in [4.69, 9.17) is 0 Å². The summed E-state index contributed by atoms with van der Waals surface area (Å²) >= 11 is 0. The monoisotopic (exact) mass is 444 g/mol. The molecule has 0 saturated heterocycles. The van der Waals surface area contributed by atoms with Gasteiger partial charge in [-0.1, -0.05) is 36.4 Å². The van der Waals surface area contributed by atoms with E-state index in [-0.39, 0.29) is 11.6 Å². The number of nitrogens with one attached hydrogen (secondary N) is 1. The van der Waals surface area contributed by atoms with Crippen molar-refractivity contribution in [3.63, 3.8) is 0 Å². The van der Waals surface area contributed by atoms with Gasteiger partial charge in [0, 0.05) is 38.3 Å². The van der Waals surface area contributed by atoms with Crippen molar-refractivity contribution < 1.29 is 8.78 Å². The van der Waals surface area contributed by atoms with Crippen LogP contribution in [0.4, 0.5) is 8.78 Å². The number of hydrogen-bond acceptors (Lipinski definition) is 0. The van der Waals surface area contributed by atoms with Gasteiger partial charge in [0.2, 0.25) is 0 Å². The van der Waals surface area contributed by atoms with Crippen molar-refractivity contribution in [2.75, 3.05) is 0 Å². The van der Waals surface area contributed by atoms with Crippen LogP contribution in [-0.4, -0.2) is 9.55 Å². The molecule has 2 nitrogen and oxygen atoms in total. The number of benzene rings is 5. The van der Waals surface area contributed by atoms with Crippen molar-refractivity contribution in [1.29, 1.82) is 0 Å². The minimum Gasteiger partial charge on any atom is -0.355 e. The quantitative estimate of drug-likeness (QED) is 0.277. The van der Waals surface area contributed by atoms with Crippen molar-refractivity contribution in [2.24, 2.45) is 0 Å². The Labute approximate surface area is 193 Å². The normalized spacial score (nSPS) is 11.8. The summed E-state index contributed by atoms with van der Waals surface area (Å²) in [6, 6.07) is 32.1. The second-order valence-corrected chi connectivity index (χ2v) is 8.64. The Morgan fingerprint density at radius 1 is 0.500 bits per heavy atom. The highest BCUT2D eigenvalue weighted by Gasteiger charge is 2.15. The molecule has 2 heterocycles. The molecule has 0 aliphatic carbocycles. The van der Waals surface area contributed by atoms with Crippen molar-refractivity contribution >= 4 is 43.6 Å². The Hall–Kier alpha value is -4.44. The summed E-state index contributed by atoms with van der Waals surface area (Å²) in [4.78, 5) is 3.47. The summed E-state index contributed by atoms with van der Waals surface area (Å²) in [5.74, 6) is -0.602. The Balaban J connectivity index is 1.49. The Kier molecular flexibility index (Phi) is 3.94. The predicted octanol–water partition coefficient (Wildman–Crippen LogP) is 8.36. The summed E-state index contributed by atoms with van der Waals surface area (Å²) < 4.78 is 30.3. The van der Waals surface area contributed by atoms with Crippen LogP contribution < -0.4 is 0 Å². The van der Waals surface area contributed by atoms with Gasteiger partial charge in [0.25, 0.3) is 0 Å². The third kappa shape index (κ3) is 2.78. The van der Waals surface area contributed by atoms with E-state index in [0.717, 1.165) is 44.0 Å². The third-order valence-electron chi connectivity index (χ3n) is 6.63. The number of fused-ring (bicyclic) bond motifs is 6. The van der Waals surface area contributed by atoms with E-state index in [1.54, 1.807) is 18.2 Å². The highest BCUT2D eigenvalue weighted by Crippen LogP contribution is 2.36. The van der Waals surface area contributed by atoms with E-state index in [9.17, 15) is 8.78 Å². The molecule has 0 radical (unpaired) electrons. The lowest BCUT2D eigenvalue weighted by Crippen LogP contribution is -1.94. The molecule has 7 rings (SSSR count). The highest BCUT2D eigenvalue weighted by molar-refractivity contribution is 6.11. The maximum absolute atomic E-state index is 14.3. The molecule has 162 valence electrons. The zero-order chi connectivity index (χ0) is 22.8. The van der Waals surface area contributed by atoms with Gasteiger partial charge in [-0.25, -0.2) is 8.78 Å². The molecule has 0 bridgehead atoms. The first-order chi connectivity index (χ1) is 16.7. The fraction of sp³-hybridized carbons (Fsp3) is 0. The van der Waals surface area contributed by atoms with Crippen molar-refractivity contribution in [3.8, 4) is 16.8 Å². The first-order valence-corrected chi connectivity index (χ1v) is 11.2. The number of aromatic amines is 1. The largest absolute Gasteiger partial charge is 0.355 e. The van der Waals surface area contributed by atoms with Crippen LogP contribution in [0.3, 0.4) is 0 Å². The van der Waals surface area contributed by atoms with Gasteiger partial charge in [0.1, 0.15) is 11.6 Å². The number of rotatable bonds is 2. The second kappa shape index (κ2) is 7.03. The molecular formula is C30H18F2N2. The van der Waals surface area contributed by atoms with Gasteiger partial charge in [-0.2, -0.15) is 0 Å². The van der Waals surface area contributed by atoms with Crippen LogP contribution in [0.15, 0.2) is 103 Å². The van der Waals surface area contributed by atoms with E-state index in [1.807, 2.05) is 28.8 Å². The molecule has 0 atom stereocenters. The third-order valence-corrected chi connectivity index (χ3v) is 6.63. The van der Waals surface area contributed by atoms with Gasteiger partial charge >= 0.3 is 0 Å². The average Bonchev–Trinajstić information content (AvgIpc) is 3.38. The highest BCUT2D eigenvalue weighted by atomic mass is 19.1. The van der Waals surface area contributed by atoms with Gasteiger partial charge < -0.3 is 9.55 Å². The molecular weight excluding hydrogens is 426 g/mol. The van der Waals surface area contributed by atoms with Crippen LogP contribution >= 0.6 is 0 Å². The van der Waals surface area contributed by atoms with Gasteiger partial charge in [-0.3, -0.25) is 0 Å². The molecule has 34 heavy (non-hydrogen) atoms. The van der Waals surface area contributed by atoms with Crippen LogP contribution in [0.2, 0.25) is 0 Å². The van der Waals surface area contributed by atoms with Crippen molar-refractivity contribution in [1.82, 2.24) is 9.55 Å².